The minimum absolute atomic E-state index is 0.881. The SMILES string of the molecule is CCC=CN=O. The first-order valence-corrected chi connectivity index (χ1v) is 1.89. The van der Waals surface area contributed by atoms with E-state index in [1.54, 1.807) is 6.08 Å². The summed E-state index contributed by atoms with van der Waals surface area (Å²) < 4.78 is 0. The Hall–Kier alpha value is -0.660. The minimum Gasteiger partial charge on any atom is -0.145 e. The van der Waals surface area contributed by atoms with Crippen LogP contribution in [0.25, 0.3) is 0 Å². The molecule has 0 N–H and O–H groups in total. The number of hydrogen-bond donors (Lipinski definition) is 0. The second kappa shape index (κ2) is 4.34. The third-order valence-corrected chi connectivity index (χ3v) is 0.402. The van der Waals surface area contributed by atoms with Gasteiger partial charge in [-0.25, -0.2) is 0 Å². The van der Waals surface area contributed by atoms with E-state index in [2.05, 4.69) is 5.18 Å². The van der Waals surface area contributed by atoms with Gasteiger partial charge in [-0.05, 0) is 11.6 Å². The normalized spacial score (nSPS) is 9.50. The number of nitrogens with zero attached hydrogens (tertiary/aromatic N) is 1. The van der Waals surface area contributed by atoms with Crippen LogP contribution in [0.15, 0.2) is 17.5 Å². The summed E-state index contributed by atoms with van der Waals surface area (Å²) in [5, 5.41) is 2.49. The third kappa shape index (κ3) is 3.34. The molecule has 0 unspecified atom stereocenters. The van der Waals surface area contributed by atoms with Gasteiger partial charge in [-0.3, -0.25) is 0 Å². The number of nitroso groups, excluding NO2 is 1. The molecular formula is C4H7NO. The molecule has 0 bridgehead atoms. The fourth-order valence-corrected chi connectivity index (χ4v) is 0.148. The van der Waals surface area contributed by atoms with Crippen molar-refractivity contribution < 1.29 is 0 Å². The van der Waals surface area contributed by atoms with Gasteiger partial charge in [0.2, 0.25) is 0 Å². The second-order valence-electron chi connectivity index (χ2n) is 0.898. The molecule has 0 atom stereocenters. The maximum atomic E-state index is 9.23. The molecule has 0 saturated heterocycles. The molecule has 2 heteroatoms. The molecule has 0 fully saturated rings. The number of rotatable bonds is 2. The van der Waals surface area contributed by atoms with E-state index in [1.165, 1.54) is 6.20 Å². The zero-order chi connectivity index (χ0) is 4.83. The van der Waals surface area contributed by atoms with Crippen LogP contribution in [0.5, 0.6) is 0 Å². The molecule has 34 valence electrons. The van der Waals surface area contributed by atoms with Gasteiger partial charge in [-0.1, -0.05) is 13.0 Å². The summed E-state index contributed by atoms with van der Waals surface area (Å²) in [5.41, 5.74) is 0. The van der Waals surface area contributed by atoms with Crippen LogP contribution in [0.4, 0.5) is 0 Å². The third-order valence-electron chi connectivity index (χ3n) is 0.402. The van der Waals surface area contributed by atoms with Crippen molar-refractivity contribution in [1.82, 2.24) is 0 Å². The minimum atomic E-state index is 0.881. The van der Waals surface area contributed by atoms with E-state index < -0.39 is 0 Å². The van der Waals surface area contributed by atoms with Crippen LogP contribution in [-0.4, -0.2) is 0 Å². The Morgan fingerprint density at radius 3 is 2.67 bits per heavy atom. The van der Waals surface area contributed by atoms with Gasteiger partial charge in [0, 0.05) is 0 Å². The lowest BCUT2D eigenvalue weighted by Gasteiger charge is -1.64. The summed E-state index contributed by atoms with van der Waals surface area (Å²) in [6.07, 6.45) is 3.83. The molecule has 0 saturated carbocycles. The number of allylic oxidation sites excluding steroid dienone is 1. The van der Waals surface area contributed by atoms with E-state index in [9.17, 15) is 4.91 Å². The lowest BCUT2D eigenvalue weighted by atomic mass is 10.5. The highest BCUT2D eigenvalue weighted by Gasteiger charge is 1.58. The van der Waals surface area contributed by atoms with Gasteiger partial charge in [-0.15, -0.1) is 4.91 Å². The molecule has 0 aliphatic heterocycles. The molecular weight excluding hydrogens is 78.0 g/mol. The Bertz CT molecular complexity index is 58.6. The zero-order valence-electron chi connectivity index (χ0n) is 3.72. The van der Waals surface area contributed by atoms with E-state index in [0.717, 1.165) is 6.42 Å². The van der Waals surface area contributed by atoms with Gasteiger partial charge in [0.1, 0.15) is 0 Å². The molecule has 0 aliphatic carbocycles. The number of hydrogen-bond acceptors (Lipinski definition) is 2. The van der Waals surface area contributed by atoms with Crippen LogP contribution in [0.3, 0.4) is 0 Å². The Labute approximate surface area is 36.8 Å². The smallest absolute Gasteiger partial charge is 0.0674 e. The molecule has 0 rings (SSSR count). The fourth-order valence-electron chi connectivity index (χ4n) is 0.148. The van der Waals surface area contributed by atoms with Crippen LogP contribution in [0.2, 0.25) is 0 Å². The van der Waals surface area contributed by atoms with Crippen LogP contribution >= 0.6 is 0 Å². The molecule has 0 heterocycles. The molecule has 0 aliphatic rings. The van der Waals surface area contributed by atoms with E-state index in [0.29, 0.717) is 0 Å². The van der Waals surface area contributed by atoms with Crippen molar-refractivity contribution in [2.24, 2.45) is 5.18 Å². The Balaban J connectivity index is 2.94. The molecule has 0 spiro atoms. The van der Waals surface area contributed by atoms with Crippen molar-refractivity contribution in [1.29, 1.82) is 0 Å². The first-order chi connectivity index (χ1) is 2.91. The van der Waals surface area contributed by atoms with Crippen LogP contribution in [-0.2, 0) is 0 Å². The summed E-state index contributed by atoms with van der Waals surface area (Å²) in [7, 11) is 0. The van der Waals surface area contributed by atoms with Gasteiger partial charge in [0.05, 0.1) is 6.20 Å². The van der Waals surface area contributed by atoms with Gasteiger partial charge in [0.15, 0.2) is 0 Å². The monoisotopic (exact) mass is 85.1 g/mol. The van der Waals surface area contributed by atoms with Crippen molar-refractivity contribution in [2.75, 3.05) is 0 Å². The molecule has 0 aromatic rings. The Morgan fingerprint density at radius 1 is 1.83 bits per heavy atom. The van der Waals surface area contributed by atoms with E-state index >= 15 is 0 Å². The average molecular weight is 85.1 g/mol. The summed E-state index contributed by atoms with van der Waals surface area (Å²) in [5.74, 6) is 0. The van der Waals surface area contributed by atoms with Crippen molar-refractivity contribution >= 4 is 0 Å². The highest BCUT2D eigenvalue weighted by atomic mass is 16.2. The van der Waals surface area contributed by atoms with Gasteiger partial charge in [0.25, 0.3) is 0 Å². The second-order valence-corrected chi connectivity index (χ2v) is 0.898. The van der Waals surface area contributed by atoms with Gasteiger partial charge in [-0.2, -0.15) is 0 Å². The summed E-state index contributed by atoms with van der Waals surface area (Å²) >= 11 is 0. The summed E-state index contributed by atoms with van der Waals surface area (Å²) in [6.45, 7) is 1.95. The molecule has 6 heavy (non-hydrogen) atoms. The first-order valence-electron chi connectivity index (χ1n) is 1.89. The highest BCUT2D eigenvalue weighted by molar-refractivity contribution is 4.75. The predicted octanol–water partition coefficient (Wildman–Crippen LogP) is 1.68. The van der Waals surface area contributed by atoms with Gasteiger partial charge < -0.3 is 0 Å². The van der Waals surface area contributed by atoms with Crippen molar-refractivity contribution in [3.05, 3.63) is 17.2 Å². The standard InChI is InChI=1S/C4H7NO/c1-2-3-4-5-6/h3-4H,2H2,1H3. The molecule has 0 aromatic carbocycles. The van der Waals surface area contributed by atoms with E-state index in [4.69, 9.17) is 0 Å². The topological polar surface area (TPSA) is 29.4 Å². The maximum Gasteiger partial charge on any atom is 0.0674 e. The highest BCUT2D eigenvalue weighted by Crippen LogP contribution is 1.76. The van der Waals surface area contributed by atoms with Crippen LogP contribution in [0.1, 0.15) is 13.3 Å². The quantitative estimate of drug-likeness (QED) is 0.469. The van der Waals surface area contributed by atoms with Crippen molar-refractivity contribution in [3.63, 3.8) is 0 Å². The Morgan fingerprint density at radius 2 is 2.50 bits per heavy atom. The lowest BCUT2D eigenvalue weighted by molar-refractivity contribution is 1.21. The average Bonchev–Trinajstić information content (AvgIpc) is 1.61. The summed E-state index contributed by atoms with van der Waals surface area (Å²) in [6, 6.07) is 0. The lowest BCUT2D eigenvalue weighted by Crippen LogP contribution is -1.46. The van der Waals surface area contributed by atoms with Gasteiger partial charge >= 0.3 is 0 Å². The van der Waals surface area contributed by atoms with Crippen LogP contribution in [0, 0.1) is 4.91 Å². The van der Waals surface area contributed by atoms with Crippen molar-refractivity contribution in [2.45, 2.75) is 13.3 Å². The van der Waals surface area contributed by atoms with Crippen LogP contribution < -0.4 is 0 Å². The predicted molar refractivity (Wildman–Crippen MR) is 25.2 cm³/mol. The van der Waals surface area contributed by atoms with E-state index in [-0.39, 0.29) is 0 Å². The largest absolute Gasteiger partial charge is 0.145 e. The first kappa shape index (κ1) is 5.34. The Kier molecular flexibility index (Phi) is 3.86. The molecule has 0 aromatic heterocycles. The molecule has 0 amide bonds. The fraction of sp³-hybridized carbons (Fsp3) is 0.500. The van der Waals surface area contributed by atoms with Crippen molar-refractivity contribution in [3.8, 4) is 0 Å². The maximum absolute atomic E-state index is 9.23. The molecule has 0 radical (unpaired) electrons. The zero-order valence-corrected chi connectivity index (χ0v) is 3.72. The molecule has 2 nitrogen and oxygen atoms in total. The summed E-state index contributed by atoms with van der Waals surface area (Å²) in [4.78, 5) is 9.23. The van der Waals surface area contributed by atoms with E-state index in [1.807, 2.05) is 6.92 Å².